The van der Waals surface area contributed by atoms with Crippen molar-refractivity contribution in [3.63, 3.8) is 0 Å². The van der Waals surface area contributed by atoms with Crippen LogP contribution in [-0.2, 0) is 24.0 Å². The first-order valence-corrected chi connectivity index (χ1v) is 9.11. The standard InChI is InChI=1S/C18H19ClF3N3O4/c1-25-4-3-23-16(25)17(27,18(20,21)22)9-14(26)24-10-11-7-12(19)15-13(8-11)28-5-2-6-29-15/h3-4,7-8,27H,2,5-6,9-10H2,1H3,(H,24,26). The fourth-order valence-corrected chi connectivity index (χ4v) is 3.24. The van der Waals surface area contributed by atoms with Crippen molar-refractivity contribution in [2.24, 2.45) is 7.05 Å². The Morgan fingerprint density at radius 2 is 2.07 bits per heavy atom. The number of aryl methyl sites for hydroxylation is 1. The highest BCUT2D eigenvalue weighted by Crippen LogP contribution is 2.41. The summed E-state index contributed by atoms with van der Waals surface area (Å²) in [5.41, 5.74) is -2.90. The SMILES string of the molecule is Cn1ccnc1C(O)(CC(=O)NCc1cc(Cl)c2c(c1)OCCCO2)C(F)(F)F. The molecule has 0 radical (unpaired) electrons. The summed E-state index contributed by atoms with van der Waals surface area (Å²) in [7, 11) is 1.30. The molecule has 0 aliphatic carbocycles. The van der Waals surface area contributed by atoms with Gasteiger partial charge in [0, 0.05) is 32.4 Å². The zero-order chi connectivity index (χ0) is 21.2. The average Bonchev–Trinajstić information content (AvgIpc) is 2.92. The van der Waals surface area contributed by atoms with Gasteiger partial charge in [0.2, 0.25) is 11.5 Å². The number of fused-ring (bicyclic) bond motifs is 1. The summed E-state index contributed by atoms with van der Waals surface area (Å²) in [6, 6.07) is 3.13. The number of alkyl halides is 3. The highest BCUT2D eigenvalue weighted by molar-refractivity contribution is 6.32. The Bertz CT molecular complexity index is 903. The van der Waals surface area contributed by atoms with Gasteiger partial charge in [0.15, 0.2) is 17.3 Å². The van der Waals surface area contributed by atoms with Crippen LogP contribution < -0.4 is 14.8 Å². The predicted octanol–water partition coefficient (Wildman–Crippen LogP) is 2.69. The van der Waals surface area contributed by atoms with E-state index >= 15 is 0 Å². The molecule has 7 nitrogen and oxygen atoms in total. The van der Waals surface area contributed by atoms with Crippen LogP contribution in [0.5, 0.6) is 11.5 Å². The molecule has 3 rings (SSSR count). The van der Waals surface area contributed by atoms with Crippen molar-refractivity contribution in [1.29, 1.82) is 0 Å². The third-order valence-corrected chi connectivity index (χ3v) is 4.71. The molecule has 1 unspecified atom stereocenters. The van der Waals surface area contributed by atoms with Crippen LogP contribution in [0, 0.1) is 0 Å². The van der Waals surface area contributed by atoms with Gasteiger partial charge in [-0.25, -0.2) is 4.98 Å². The second kappa shape index (κ2) is 8.11. The third kappa shape index (κ3) is 4.43. The third-order valence-electron chi connectivity index (χ3n) is 4.43. The summed E-state index contributed by atoms with van der Waals surface area (Å²) in [6.07, 6.45) is -3.28. The highest BCUT2D eigenvalue weighted by Gasteiger charge is 2.58. The first kappa shape index (κ1) is 21.3. The lowest BCUT2D eigenvalue weighted by Crippen LogP contribution is -2.47. The molecule has 1 aliphatic heterocycles. The van der Waals surface area contributed by atoms with Gasteiger partial charge in [-0.2, -0.15) is 13.2 Å². The van der Waals surface area contributed by atoms with Gasteiger partial charge >= 0.3 is 6.18 Å². The van der Waals surface area contributed by atoms with E-state index in [1.165, 1.54) is 19.3 Å². The molecule has 29 heavy (non-hydrogen) atoms. The van der Waals surface area contributed by atoms with E-state index in [1.54, 1.807) is 6.07 Å². The van der Waals surface area contributed by atoms with E-state index in [0.717, 1.165) is 10.8 Å². The minimum absolute atomic E-state index is 0.107. The highest BCUT2D eigenvalue weighted by atomic mass is 35.5. The van der Waals surface area contributed by atoms with Crippen molar-refractivity contribution in [3.8, 4) is 11.5 Å². The Labute approximate surface area is 169 Å². The summed E-state index contributed by atoms with van der Waals surface area (Å²) in [5.74, 6) is -0.880. The number of aliphatic hydroxyl groups is 1. The molecule has 1 amide bonds. The minimum Gasteiger partial charge on any atom is -0.489 e. The van der Waals surface area contributed by atoms with Crippen LogP contribution in [0.1, 0.15) is 24.2 Å². The van der Waals surface area contributed by atoms with Crippen molar-refractivity contribution < 1.29 is 32.5 Å². The molecule has 0 spiro atoms. The molecule has 2 heterocycles. The van der Waals surface area contributed by atoms with Crippen LogP contribution in [0.4, 0.5) is 13.2 Å². The monoisotopic (exact) mass is 433 g/mol. The maximum Gasteiger partial charge on any atom is 0.425 e. The van der Waals surface area contributed by atoms with Gasteiger partial charge in [-0.15, -0.1) is 0 Å². The lowest BCUT2D eigenvalue weighted by atomic mass is 9.97. The van der Waals surface area contributed by atoms with Crippen molar-refractivity contribution in [2.75, 3.05) is 13.2 Å². The Kier molecular flexibility index (Phi) is 5.95. The van der Waals surface area contributed by atoms with E-state index in [-0.39, 0.29) is 11.6 Å². The van der Waals surface area contributed by atoms with E-state index in [9.17, 15) is 23.1 Å². The summed E-state index contributed by atoms with van der Waals surface area (Å²) in [6.45, 7) is 0.775. The number of benzene rings is 1. The quantitative estimate of drug-likeness (QED) is 0.757. The molecule has 1 aromatic heterocycles. The Morgan fingerprint density at radius 3 is 2.72 bits per heavy atom. The number of nitrogens with zero attached hydrogens (tertiary/aromatic N) is 2. The molecule has 11 heteroatoms. The van der Waals surface area contributed by atoms with Crippen LogP contribution in [-0.4, -0.2) is 40.0 Å². The number of hydrogen-bond donors (Lipinski definition) is 2. The molecule has 1 aromatic carbocycles. The molecular weight excluding hydrogens is 415 g/mol. The van der Waals surface area contributed by atoms with Gasteiger partial charge in [0.1, 0.15) is 0 Å². The zero-order valence-electron chi connectivity index (χ0n) is 15.4. The van der Waals surface area contributed by atoms with Crippen LogP contribution >= 0.6 is 11.6 Å². The van der Waals surface area contributed by atoms with Crippen LogP contribution in [0.3, 0.4) is 0 Å². The van der Waals surface area contributed by atoms with E-state index in [0.29, 0.717) is 36.7 Å². The summed E-state index contributed by atoms with van der Waals surface area (Å²) in [4.78, 5) is 15.8. The van der Waals surface area contributed by atoms with Crippen molar-refractivity contribution in [1.82, 2.24) is 14.9 Å². The lowest BCUT2D eigenvalue weighted by molar-refractivity contribution is -0.271. The van der Waals surface area contributed by atoms with Crippen molar-refractivity contribution >= 4 is 17.5 Å². The van der Waals surface area contributed by atoms with Gasteiger partial charge in [-0.3, -0.25) is 4.79 Å². The fourth-order valence-electron chi connectivity index (χ4n) is 2.95. The molecular formula is C18H19ClF3N3O4. The molecule has 158 valence electrons. The number of aromatic nitrogens is 2. The summed E-state index contributed by atoms with van der Waals surface area (Å²) in [5, 5.41) is 12.9. The summed E-state index contributed by atoms with van der Waals surface area (Å²) >= 11 is 6.17. The second-order valence-corrected chi connectivity index (χ2v) is 7.04. The Morgan fingerprint density at radius 1 is 1.34 bits per heavy atom. The molecule has 1 atom stereocenters. The fraction of sp³-hybridized carbons (Fsp3) is 0.444. The number of imidazole rings is 1. The molecule has 1 aliphatic rings. The predicted molar refractivity (Wildman–Crippen MR) is 96.7 cm³/mol. The zero-order valence-corrected chi connectivity index (χ0v) is 16.2. The largest absolute Gasteiger partial charge is 0.489 e. The number of amides is 1. The molecule has 2 aromatic rings. The maximum absolute atomic E-state index is 13.5. The maximum atomic E-state index is 13.5. The van der Waals surface area contributed by atoms with Crippen molar-refractivity contribution in [3.05, 3.63) is 40.9 Å². The van der Waals surface area contributed by atoms with Gasteiger partial charge in [-0.1, -0.05) is 11.6 Å². The summed E-state index contributed by atoms with van der Waals surface area (Å²) < 4.78 is 52.6. The second-order valence-electron chi connectivity index (χ2n) is 6.63. The van der Waals surface area contributed by atoms with Gasteiger partial charge in [0.25, 0.3) is 0 Å². The average molecular weight is 434 g/mol. The molecule has 0 bridgehead atoms. The topological polar surface area (TPSA) is 85.6 Å². The molecule has 0 saturated heterocycles. The molecule has 0 fully saturated rings. The normalized spacial score (nSPS) is 16.1. The van der Waals surface area contributed by atoms with Gasteiger partial charge in [-0.05, 0) is 17.7 Å². The number of halogens is 4. The smallest absolute Gasteiger partial charge is 0.425 e. The number of nitrogens with one attached hydrogen (secondary N) is 1. The number of carbonyl (C=O) groups is 1. The van der Waals surface area contributed by atoms with Gasteiger partial charge < -0.3 is 24.5 Å². The van der Waals surface area contributed by atoms with Crippen LogP contribution in [0.2, 0.25) is 5.02 Å². The lowest BCUT2D eigenvalue weighted by Gasteiger charge is -2.29. The number of carbonyl (C=O) groups excluding carboxylic acids is 1. The Hall–Kier alpha value is -2.46. The first-order chi connectivity index (χ1) is 13.6. The van der Waals surface area contributed by atoms with Crippen molar-refractivity contribution in [2.45, 2.75) is 31.2 Å². The molecule has 2 N–H and O–H groups in total. The number of ether oxygens (including phenoxy) is 2. The van der Waals surface area contributed by atoms with Crippen LogP contribution in [0.15, 0.2) is 24.5 Å². The van der Waals surface area contributed by atoms with Gasteiger partial charge in [0.05, 0.1) is 24.7 Å². The molecule has 0 saturated carbocycles. The minimum atomic E-state index is -5.10. The van der Waals surface area contributed by atoms with E-state index < -0.39 is 29.9 Å². The first-order valence-electron chi connectivity index (χ1n) is 8.73. The van der Waals surface area contributed by atoms with E-state index in [4.69, 9.17) is 21.1 Å². The van der Waals surface area contributed by atoms with Crippen LogP contribution in [0.25, 0.3) is 0 Å². The Balaban J connectivity index is 1.73. The van der Waals surface area contributed by atoms with E-state index in [1.807, 2.05) is 0 Å². The number of hydrogen-bond acceptors (Lipinski definition) is 5. The number of rotatable bonds is 5. The van der Waals surface area contributed by atoms with E-state index in [2.05, 4.69) is 10.3 Å².